The molecule has 0 N–H and O–H groups in total. The Bertz CT molecular complexity index is 815. The van der Waals surface area contributed by atoms with Crippen LogP contribution in [0.2, 0.25) is 0 Å². The van der Waals surface area contributed by atoms with Gasteiger partial charge in [-0.25, -0.2) is 4.98 Å². The molecule has 0 atom stereocenters. The van der Waals surface area contributed by atoms with Crippen LogP contribution in [0.15, 0.2) is 42.5 Å². The SMILES string of the molecule is CCOc1ccc2nc3cc([N+](=O)[O-])ccc3cc2c1. The third-order valence-corrected chi connectivity index (χ3v) is 3.09. The summed E-state index contributed by atoms with van der Waals surface area (Å²) >= 11 is 0. The molecule has 0 radical (unpaired) electrons. The molecule has 1 heterocycles. The second-order valence-corrected chi connectivity index (χ2v) is 4.41. The first-order chi connectivity index (χ1) is 9.67. The van der Waals surface area contributed by atoms with Gasteiger partial charge in [0.1, 0.15) is 5.75 Å². The standard InChI is InChI=1S/C15H12N2O3/c1-2-20-13-5-6-14-11(8-13)7-10-3-4-12(17(18)19)9-15(10)16-14/h3-9H,2H2,1H3. The van der Waals surface area contributed by atoms with Gasteiger partial charge in [-0.3, -0.25) is 10.1 Å². The van der Waals surface area contributed by atoms with Crippen molar-refractivity contribution in [3.63, 3.8) is 0 Å². The number of benzene rings is 2. The highest BCUT2D eigenvalue weighted by atomic mass is 16.6. The Morgan fingerprint density at radius 1 is 1.10 bits per heavy atom. The summed E-state index contributed by atoms with van der Waals surface area (Å²) < 4.78 is 5.46. The van der Waals surface area contributed by atoms with E-state index in [1.54, 1.807) is 6.07 Å². The van der Waals surface area contributed by atoms with Gasteiger partial charge in [0.2, 0.25) is 0 Å². The molecule has 100 valence electrons. The Morgan fingerprint density at radius 2 is 1.95 bits per heavy atom. The molecule has 0 saturated heterocycles. The van der Waals surface area contributed by atoms with Gasteiger partial charge in [-0.05, 0) is 37.3 Å². The zero-order valence-corrected chi connectivity index (χ0v) is 10.9. The van der Waals surface area contributed by atoms with E-state index in [1.807, 2.05) is 31.2 Å². The highest BCUT2D eigenvalue weighted by Gasteiger charge is 2.08. The van der Waals surface area contributed by atoms with E-state index < -0.39 is 4.92 Å². The molecule has 0 saturated carbocycles. The molecule has 0 aliphatic rings. The Balaban J connectivity index is 2.20. The molecule has 0 aliphatic heterocycles. The Kier molecular flexibility index (Phi) is 2.95. The Morgan fingerprint density at radius 3 is 2.70 bits per heavy atom. The molecule has 0 fully saturated rings. The second-order valence-electron chi connectivity index (χ2n) is 4.41. The molecule has 3 aromatic rings. The number of hydrogen-bond acceptors (Lipinski definition) is 4. The van der Waals surface area contributed by atoms with E-state index in [9.17, 15) is 10.1 Å². The minimum Gasteiger partial charge on any atom is -0.494 e. The Labute approximate surface area is 115 Å². The molecule has 0 spiro atoms. The summed E-state index contributed by atoms with van der Waals surface area (Å²) in [6, 6.07) is 12.3. The van der Waals surface area contributed by atoms with Crippen LogP contribution in [0.5, 0.6) is 5.75 Å². The number of nitrogens with zero attached hydrogens (tertiary/aromatic N) is 2. The van der Waals surface area contributed by atoms with Gasteiger partial charge in [0.15, 0.2) is 0 Å². The normalized spacial score (nSPS) is 10.8. The van der Waals surface area contributed by atoms with Crippen molar-refractivity contribution < 1.29 is 9.66 Å². The molecule has 5 heteroatoms. The number of ether oxygens (including phenoxy) is 1. The van der Waals surface area contributed by atoms with Crippen LogP contribution < -0.4 is 4.74 Å². The molecule has 20 heavy (non-hydrogen) atoms. The van der Waals surface area contributed by atoms with Crippen molar-refractivity contribution in [1.82, 2.24) is 4.98 Å². The van der Waals surface area contributed by atoms with Gasteiger partial charge >= 0.3 is 0 Å². The molecule has 0 amide bonds. The molecule has 5 nitrogen and oxygen atoms in total. The summed E-state index contributed by atoms with van der Waals surface area (Å²) in [5.41, 5.74) is 1.47. The van der Waals surface area contributed by atoms with Crippen molar-refractivity contribution in [2.75, 3.05) is 6.61 Å². The van der Waals surface area contributed by atoms with Crippen LogP contribution in [-0.4, -0.2) is 16.5 Å². The molecule has 0 unspecified atom stereocenters. The third-order valence-electron chi connectivity index (χ3n) is 3.09. The first-order valence-corrected chi connectivity index (χ1v) is 6.29. The van der Waals surface area contributed by atoms with E-state index in [2.05, 4.69) is 4.98 Å². The number of aromatic nitrogens is 1. The van der Waals surface area contributed by atoms with Gasteiger partial charge in [-0.1, -0.05) is 0 Å². The maximum atomic E-state index is 10.8. The lowest BCUT2D eigenvalue weighted by atomic mass is 10.1. The highest BCUT2D eigenvalue weighted by molar-refractivity contribution is 5.94. The fourth-order valence-electron chi connectivity index (χ4n) is 2.17. The molecule has 2 aromatic carbocycles. The van der Waals surface area contributed by atoms with Gasteiger partial charge in [0.25, 0.3) is 5.69 Å². The van der Waals surface area contributed by atoms with Crippen LogP contribution in [0.1, 0.15) is 6.92 Å². The number of non-ortho nitro benzene ring substituents is 1. The van der Waals surface area contributed by atoms with Crippen molar-refractivity contribution in [1.29, 1.82) is 0 Å². The fraction of sp³-hybridized carbons (Fsp3) is 0.133. The lowest BCUT2D eigenvalue weighted by molar-refractivity contribution is -0.384. The van der Waals surface area contributed by atoms with Gasteiger partial charge in [0.05, 0.1) is 22.6 Å². The number of fused-ring (bicyclic) bond motifs is 2. The zero-order chi connectivity index (χ0) is 14.1. The average Bonchev–Trinajstić information content (AvgIpc) is 2.44. The zero-order valence-electron chi connectivity index (χ0n) is 10.9. The van der Waals surface area contributed by atoms with Crippen molar-refractivity contribution in [3.05, 3.63) is 52.6 Å². The van der Waals surface area contributed by atoms with Gasteiger partial charge in [-0.2, -0.15) is 0 Å². The number of nitro groups is 1. The molecule has 0 bridgehead atoms. The number of rotatable bonds is 3. The quantitative estimate of drug-likeness (QED) is 0.413. The van der Waals surface area contributed by atoms with E-state index in [0.717, 1.165) is 22.0 Å². The van der Waals surface area contributed by atoms with E-state index in [-0.39, 0.29) is 5.69 Å². The van der Waals surface area contributed by atoms with E-state index in [4.69, 9.17) is 4.74 Å². The van der Waals surface area contributed by atoms with E-state index >= 15 is 0 Å². The lowest BCUT2D eigenvalue weighted by Gasteiger charge is -2.05. The highest BCUT2D eigenvalue weighted by Crippen LogP contribution is 2.26. The van der Waals surface area contributed by atoms with Crippen LogP contribution in [0.3, 0.4) is 0 Å². The first-order valence-electron chi connectivity index (χ1n) is 6.29. The summed E-state index contributed by atoms with van der Waals surface area (Å²) in [5, 5.41) is 12.6. The number of nitro benzene ring substituents is 1. The van der Waals surface area contributed by atoms with Crippen LogP contribution >= 0.6 is 0 Å². The summed E-state index contributed by atoms with van der Waals surface area (Å²) in [6.45, 7) is 2.54. The van der Waals surface area contributed by atoms with E-state index in [0.29, 0.717) is 12.1 Å². The van der Waals surface area contributed by atoms with Crippen LogP contribution in [0.4, 0.5) is 5.69 Å². The second kappa shape index (κ2) is 4.77. The van der Waals surface area contributed by atoms with Crippen molar-refractivity contribution >= 4 is 27.5 Å². The predicted molar refractivity (Wildman–Crippen MR) is 77.1 cm³/mol. The molecule has 1 aromatic heterocycles. The third kappa shape index (κ3) is 2.14. The first kappa shape index (κ1) is 12.3. The molecular weight excluding hydrogens is 256 g/mol. The number of hydrogen-bond donors (Lipinski definition) is 0. The molecule has 0 aliphatic carbocycles. The predicted octanol–water partition coefficient (Wildman–Crippen LogP) is 3.69. The minimum atomic E-state index is -0.413. The van der Waals surface area contributed by atoms with Crippen molar-refractivity contribution in [3.8, 4) is 5.75 Å². The summed E-state index contributed by atoms with van der Waals surface area (Å²) in [5.74, 6) is 0.795. The monoisotopic (exact) mass is 268 g/mol. The smallest absolute Gasteiger partial charge is 0.271 e. The van der Waals surface area contributed by atoms with Gasteiger partial charge in [-0.15, -0.1) is 0 Å². The maximum absolute atomic E-state index is 10.8. The summed E-state index contributed by atoms with van der Waals surface area (Å²) in [7, 11) is 0. The summed E-state index contributed by atoms with van der Waals surface area (Å²) in [6.07, 6.45) is 0. The molecular formula is C15H12N2O3. The van der Waals surface area contributed by atoms with Crippen LogP contribution in [0, 0.1) is 10.1 Å². The van der Waals surface area contributed by atoms with E-state index in [1.165, 1.54) is 12.1 Å². The van der Waals surface area contributed by atoms with Crippen LogP contribution in [0.25, 0.3) is 21.8 Å². The summed E-state index contributed by atoms with van der Waals surface area (Å²) in [4.78, 5) is 14.8. The van der Waals surface area contributed by atoms with Crippen LogP contribution in [-0.2, 0) is 0 Å². The average molecular weight is 268 g/mol. The van der Waals surface area contributed by atoms with Crippen molar-refractivity contribution in [2.45, 2.75) is 6.92 Å². The maximum Gasteiger partial charge on any atom is 0.271 e. The lowest BCUT2D eigenvalue weighted by Crippen LogP contribution is -1.92. The number of pyridine rings is 1. The largest absolute Gasteiger partial charge is 0.494 e. The van der Waals surface area contributed by atoms with Gasteiger partial charge in [0, 0.05) is 22.9 Å². The fourth-order valence-corrected chi connectivity index (χ4v) is 2.17. The topological polar surface area (TPSA) is 65.3 Å². The van der Waals surface area contributed by atoms with Crippen molar-refractivity contribution in [2.24, 2.45) is 0 Å². The minimum absolute atomic E-state index is 0.0512. The Hall–Kier alpha value is -2.69. The van der Waals surface area contributed by atoms with Gasteiger partial charge < -0.3 is 4.74 Å². The molecule has 3 rings (SSSR count).